The summed E-state index contributed by atoms with van der Waals surface area (Å²) in [5.41, 5.74) is 1.03. The predicted octanol–water partition coefficient (Wildman–Crippen LogP) is 3.74. The Hall–Kier alpha value is -2.76. The Morgan fingerprint density at radius 3 is 2.59 bits per heavy atom. The zero-order chi connectivity index (χ0) is 20.6. The molecule has 0 bridgehead atoms. The van der Waals surface area contributed by atoms with Crippen LogP contribution in [-0.2, 0) is 29.7 Å². The van der Waals surface area contributed by atoms with E-state index in [1.807, 2.05) is 42.1 Å². The van der Waals surface area contributed by atoms with E-state index in [-0.39, 0.29) is 24.3 Å². The highest BCUT2D eigenvalue weighted by Crippen LogP contribution is 2.25. The summed E-state index contributed by atoms with van der Waals surface area (Å²) in [5.74, 6) is 0.743. The van der Waals surface area contributed by atoms with Crippen molar-refractivity contribution in [2.45, 2.75) is 45.2 Å². The SMILES string of the molecule is C=CCN(CC(=O)N(Cc1ccco1)Cc1cccn1C)C(=O)C1CCCCC1. The molecule has 1 aliphatic rings. The Morgan fingerprint density at radius 1 is 1.17 bits per heavy atom. The Morgan fingerprint density at radius 2 is 1.97 bits per heavy atom. The molecule has 6 heteroatoms. The zero-order valence-electron chi connectivity index (χ0n) is 17.3. The van der Waals surface area contributed by atoms with Gasteiger partial charge in [-0.25, -0.2) is 0 Å². The van der Waals surface area contributed by atoms with Crippen LogP contribution in [0.15, 0.2) is 53.8 Å². The van der Waals surface area contributed by atoms with Crippen LogP contribution in [0.1, 0.15) is 43.6 Å². The highest BCUT2D eigenvalue weighted by atomic mass is 16.3. The fourth-order valence-electron chi connectivity index (χ4n) is 3.94. The molecule has 0 atom stereocenters. The average molecular weight is 398 g/mol. The van der Waals surface area contributed by atoms with E-state index in [0.29, 0.717) is 19.6 Å². The minimum atomic E-state index is -0.0893. The molecule has 0 spiro atoms. The van der Waals surface area contributed by atoms with E-state index >= 15 is 0 Å². The van der Waals surface area contributed by atoms with Gasteiger partial charge in [0.1, 0.15) is 12.3 Å². The number of furan rings is 1. The van der Waals surface area contributed by atoms with Crippen molar-refractivity contribution in [1.29, 1.82) is 0 Å². The third-order valence-electron chi connectivity index (χ3n) is 5.63. The number of rotatable bonds is 9. The van der Waals surface area contributed by atoms with Crippen LogP contribution in [0, 0.1) is 5.92 Å². The first kappa shape index (κ1) is 21.0. The van der Waals surface area contributed by atoms with Crippen molar-refractivity contribution in [3.63, 3.8) is 0 Å². The molecule has 0 aliphatic heterocycles. The smallest absolute Gasteiger partial charge is 0.242 e. The molecule has 2 aromatic rings. The summed E-state index contributed by atoms with van der Waals surface area (Å²) in [6.07, 6.45) is 10.5. The molecule has 3 rings (SSSR count). The van der Waals surface area contributed by atoms with Crippen LogP contribution >= 0.6 is 0 Å². The molecule has 1 saturated carbocycles. The lowest BCUT2D eigenvalue weighted by molar-refractivity contribution is -0.143. The van der Waals surface area contributed by atoms with E-state index < -0.39 is 0 Å². The van der Waals surface area contributed by atoms with Gasteiger partial charge in [-0.2, -0.15) is 0 Å². The van der Waals surface area contributed by atoms with E-state index in [2.05, 4.69) is 6.58 Å². The van der Waals surface area contributed by atoms with Crippen molar-refractivity contribution in [2.75, 3.05) is 13.1 Å². The van der Waals surface area contributed by atoms with Crippen LogP contribution in [0.3, 0.4) is 0 Å². The Bertz CT molecular complexity index is 803. The van der Waals surface area contributed by atoms with E-state index in [1.54, 1.807) is 22.1 Å². The maximum Gasteiger partial charge on any atom is 0.242 e. The minimum Gasteiger partial charge on any atom is -0.467 e. The van der Waals surface area contributed by atoms with Gasteiger partial charge in [-0.05, 0) is 37.1 Å². The lowest BCUT2D eigenvalue weighted by Gasteiger charge is -2.30. The second-order valence-electron chi connectivity index (χ2n) is 7.78. The third kappa shape index (κ3) is 5.62. The molecule has 2 heterocycles. The predicted molar refractivity (Wildman–Crippen MR) is 112 cm³/mol. The number of nitrogens with zero attached hydrogens (tertiary/aromatic N) is 3. The van der Waals surface area contributed by atoms with Crippen LogP contribution in [0.4, 0.5) is 0 Å². The fourth-order valence-corrected chi connectivity index (χ4v) is 3.94. The average Bonchev–Trinajstić information content (AvgIpc) is 3.39. The van der Waals surface area contributed by atoms with Crippen LogP contribution in [0.5, 0.6) is 0 Å². The second kappa shape index (κ2) is 10.1. The molecule has 0 saturated heterocycles. The van der Waals surface area contributed by atoms with Gasteiger partial charge in [0, 0.05) is 31.4 Å². The third-order valence-corrected chi connectivity index (χ3v) is 5.63. The lowest BCUT2D eigenvalue weighted by atomic mass is 9.88. The fraction of sp³-hybridized carbons (Fsp3) is 0.478. The topological polar surface area (TPSA) is 58.7 Å². The number of hydrogen-bond acceptors (Lipinski definition) is 3. The molecule has 1 fully saturated rings. The van der Waals surface area contributed by atoms with Crippen molar-refractivity contribution in [2.24, 2.45) is 13.0 Å². The molecule has 0 unspecified atom stereocenters. The van der Waals surface area contributed by atoms with Gasteiger partial charge in [-0.1, -0.05) is 25.3 Å². The van der Waals surface area contributed by atoms with Crippen molar-refractivity contribution in [3.8, 4) is 0 Å². The van der Waals surface area contributed by atoms with Gasteiger partial charge < -0.3 is 18.8 Å². The summed E-state index contributed by atoms with van der Waals surface area (Å²) < 4.78 is 7.46. The van der Waals surface area contributed by atoms with Crippen molar-refractivity contribution in [3.05, 3.63) is 60.8 Å². The molecule has 2 aromatic heterocycles. The Balaban J connectivity index is 1.72. The lowest BCUT2D eigenvalue weighted by Crippen LogP contribution is -2.45. The molecular formula is C23H31N3O3. The van der Waals surface area contributed by atoms with Gasteiger partial charge in [0.05, 0.1) is 19.4 Å². The summed E-state index contributed by atoms with van der Waals surface area (Å²) in [5, 5.41) is 0. The second-order valence-corrected chi connectivity index (χ2v) is 7.78. The summed E-state index contributed by atoms with van der Waals surface area (Å²) in [4.78, 5) is 29.7. The number of carbonyl (C=O) groups excluding carboxylic acids is 2. The van der Waals surface area contributed by atoms with E-state index in [9.17, 15) is 9.59 Å². The standard InChI is InChI=1S/C23H31N3O3/c1-3-13-25(23(28)19-9-5-4-6-10-19)18-22(27)26(17-21-12-8-15-29-21)16-20-11-7-14-24(20)2/h3,7-8,11-12,14-15,19H,1,4-6,9-10,13,16-18H2,2H3. The molecule has 156 valence electrons. The van der Waals surface area contributed by atoms with E-state index in [0.717, 1.165) is 37.1 Å². The van der Waals surface area contributed by atoms with Gasteiger partial charge in [-0.15, -0.1) is 6.58 Å². The molecule has 2 amide bonds. The minimum absolute atomic E-state index is 0.0305. The Labute approximate surface area is 172 Å². The number of hydrogen-bond donors (Lipinski definition) is 0. The number of aromatic nitrogens is 1. The molecular weight excluding hydrogens is 366 g/mol. The molecule has 1 aliphatic carbocycles. The highest BCUT2D eigenvalue weighted by Gasteiger charge is 2.28. The quantitative estimate of drug-likeness (QED) is 0.606. The van der Waals surface area contributed by atoms with Gasteiger partial charge in [0.15, 0.2) is 0 Å². The summed E-state index contributed by atoms with van der Waals surface area (Å²) >= 11 is 0. The number of amides is 2. The van der Waals surface area contributed by atoms with Crippen molar-refractivity contribution < 1.29 is 14.0 Å². The summed E-state index contributed by atoms with van der Waals surface area (Å²) in [6, 6.07) is 7.63. The van der Waals surface area contributed by atoms with E-state index in [4.69, 9.17) is 4.42 Å². The van der Waals surface area contributed by atoms with Crippen LogP contribution in [0.2, 0.25) is 0 Å². The normalized spacial score (nSPS) is 14.5. The summed E-state index contributed by atoms with van der Waals surface area (Å²) in [7, 11) is 1.96. The van der Waals surface area contributed by atoms with Crippen molar-refractivity contribution >= 4 is 11.8 Å². The zero-order valence-corrected chi connectivity index (χ0v) is 17.3. The molecule has 0 radical (unpaired) electrons. The van der Waals surface area contributed by atoms with Gasteiger partial charge in [0.2, 0.25) is 11.8 Å². The van der Waals surface area contributed by atoms with Gasteiger partial charge >= 0.3 is 0 Å². The number of aryl methyl sites for hydroxylation is 1. The maximum atomic E-state index is 13.2. The molecule has 0 N–H and O–H groups in total. The first-order chi connectivity index (χ1) is 14.1. The number of carbonyl (C=O) groups is 2. The molecule has 6 nitrogen and oxygen atoms in total. The van der Waals surface area contributed by atoms with Gasteiger partial charge in [0.25, 0.3) is 0 Å². The molecule has 0 aromatic carbocycles. The largest absolute Gasteiger partial charge is 0.467 e. The molecule has 29 heavy (non-hydrogen) atoms. The summed E-state index contributed by atoms with van der Waals surface area (Å²) in [6.45, 7) is 5.06. The van der Waals surface area contributed by atoms with Crippen molar-refractivity contribution in [1.82, 2.24) is 14.4 Å². The first-order valence-electron chi connectivity index (χ1n) is 10.4. The first-order valence-corrected chi connectivity index (χ1v) is 10.4. The van der Waals surface area contributed by atoms with Crippen LogP contribution < -0.4 is 0 Å². The van der Waals surface area contributed by atoms with Gasteiger partial charge in [-0.3, -0.25) is 9.59 Å². The monoisotopic (exact) mass is 397 g/mol. The maximum absolute atomic E-state index is 13.2. The van der Waals surface area contributed by atoms with E-state index in [1.165, 1.54) is 6.42 Å². The highest BCUT2D eigenvalue weighted by molar-refractivity contribution is 5.86. The van der Waals surface area contributed by atoms with Crippen LogP contribution in [0.25, 0.3) is 0 Å². The Kier molecular flexibility index (Phi) is 7.33. The van der Waals surface area contributed by atoms with Crippen LogP contribution in [-0.4, -0.2) is 39.3 Å².